The van der Waals surface area contributed by atoms with Gasteiger partial charge < -0.3 is 10.1 Å². The molecule has 0 fully saturated rings. The summed E-state index contributed by atoms with van der Waals surface area (Å²) in [4.78, 5) is 40.9. The highest BCUT2D eigenvalue weighted by Gasteiger charge is 2.14. The van der Waals surface area contributed by atoms with E-state index < -0.39 is 23.5 Å². The minimum atomic E-state index is -1.16. The zero-order chi connectivity index (χ0) is 13.4. The van der Waals surface area contributed by atoms with Crippen LogP contribution in [0.5, 0.6) is 0 Å². The van der Waals surface area contributed by atoms with Crippen molar-refractivity contribution in [1.82, 2.24) is 14.4 Å². The van der Waals surface area contributed by atoms with E-state index in [-0.39, 0.29) is 22.2 Å². The number of hydrogen-bond acceptors (Lipinski definition) is 4. The summed E-state index contributed by atoms with van der Waals surface area (Å²) in [6.45, 7) is 1.50. The third-order valence-electron chi connectivity index (χ3n) is 2.41. The number of carbonyl (C=O) groups is 1. The molecule has 0 amide bonds. The van der Waals surface area contributed by atoms with Crippen LogP contribution in [0.3, 0.4) is 0 Å². The Hall–Kier alpha value is -2.15. The summed E-state index contributed by atoms with van der Waals surface area (Å²) in [7, 11) is 0. The molecule has 0 saturated carbocycles. The Labute approximate surface area is 105 Å². The zero-order valence-corrected chi connectivity index (χ0v) is 9.98. The first kappa shape index (κ1) is 12.3. The van der Waals surface area contributed by atoms with E-state index >= 15 is 0 Å². The predicted octanol–water partition coefficient (Wildman–Crippen LogP) is -0.0283. The van der Waals surface area contributed by atoms with Crippen LogP contribution in [0.25, 0.3) is 5.78 Å². The maximum absolute atomic E-state index is 12.0. The van der Waals surface area contributed by atoms with Crippen molar-refractivity contribution in [3.8, 4) is 0 Å². The highest BCUT2D eigenvalue weighted by Crippen LogP contribution is 2.04. The topological polar surface area (TPSA) is 105 Å². The largest absolute Gasteiger partial charge is 0.481 e. The lowest BCUT2D eigenvalue weighted by Gasteiger charge is -2.05. The van der Waals surface area contributed by atoms with Crippen molar-refractivity contribution in [2.24, 2.45) is 0 Å². The molecular formula is C10H8ClN3O4. The Morgan fingerprint density at radius 3 is 2.83 bits per heavy atom. The normalized spacial score (nSPS) is 10.8. The Kier molecular flexibility index (Phi) is 2.92. The van der Waals surface area contributed by atoms with Gasteiger partial charge in [0.1, 0.15) is 5.15 Å². The van der Waals surface area contributed by atoms with Crippen LogP contribution in [0, 0.1) is 6.92 Å². The fraction of sp³-hybridized carbons (Fsp3) is 0.200. The number of aromatic amines is 1. The monoisotopic (exact) mass is 269 g/mol. The lowest BCUT2D eigenvalue weighted by molar-refractivity contribution is -0.136. The fourth-order valence-electron chi connectivity index (χ4n) is 1.62. The highest BCUT2D eigenvalue weighted by atomic mass is 35.5. The van der Waals surface area contributed by atoms with Gasteiger partial charge in [-0.15, -0.1) is 0 Å². The number of hydrogen-bond donors (Lipinski definition) is 2. The number of aromatic nitrogens is 3. The van der Waals surface area contributed by atoms with Gasteiger partial charge in [-0.05, 0) is 6.92 Å². The van der Waals surface area contributed by atoms with Gasteiger partial charge in [0.05, 0.1) is 17.7 Å². The summed E-state index contributed by atoms with van der Waals surface area (Å²) in [5.74, 6) is -1.17. The van der Waals surface area contributed by atoms with Gasteiger partial charge in [-0.1, -0.05) is 11.6 Å². The molecule has 0 radical (unpaired) electrons. The molecule has 0 atom stereocenters. The molecule has 8 heteroatoms. The summed E-state index contributed by atoms with van der Waals surface area (Å²) in [6.07, 6.45) is -0.483. The first-order valence-corrected chi connectivity index (χ1v) is 5.31. The molecule has 0 unspecified atom stereocenters. The average molecular weight is 270 g/mol. The number of aliphatic carboxylic acids is 1. The van der Waals surface area contributed by atoms with Crippen LogP contribution >= 0.6 is 11.6 Å². The van der Waals surface area contributed by atoms with E-state index in [0.717, 1.165) is 10.5 Å². The standard InChI is InChI=1S/C10H8ClN3O4/c1-4-5(2-8(16)17)9(18)14-7(15)3-6(11)13-10(14)12-4/h3H,2H2,1H3,(H,12,13)(H,16,17). The number of rotatable bonds is 2. The molecule has 0 saturated heterocycles. The van der Waals surface area contributed by atoms with E-state index in [1.54, 1.807) is 0 Å². The molecule has 0 aliphatic rings. The maximum Gasteiger partial charge on any atom is 0.308 e. The number of aryl methyl sites for hydroxylation is 1. The molecule has 0 spiro atoms. The summed E-state index contributed by atoms with van der Waals surface area (Å²) < 4.78 is 0.761. The molecule has 2 aromatic heterocycles. The number of halogens is 1. The smallest absolute Gasteiger partial charge is 0.308 e. The molecule has 0 aromatic carbocycles. The van der Waals surface area contributed by atoms with Crippen molar-refractivity contribution < 1.29 is 9.90 Å². The molecule has 7 nitrogen and oxygen atoms in total. The number of nitrogens with zero attached hydrogens (tertiary/aromatic N) is 2. The molecule has 2 heterocycles. The van der Waals surface area contributed by atoms with E-state index in [2.05, 4.69) is 9.97 Å². The second-order valence-corrected chi connectivity index (χ2v) is 4.07. The van der Waals surface area contributed by atoms with Gasteiger partial charge in [-0.25, -0.2) is 9.38 Å². The number of carboxylic acids is 1. The Morgan fingerprint density at radius 2 is 2.22 bits per heavy atom. The molecule has 2 rings (SSSR count). The van der Waals surface area contributed by atoms with Crippen molar-refractivity contribution in [3.63, 3.8) is 0 Å². The molecule has 0 aliphatic heterocycles. The van der Waals surface area contributed by atoms with Gasteiger partial charge in [0.2, 0.25) is 5.78 Å². The van der Waals surface area contributed by atoms with Crippen LogP contribution in [0.1, 0.15) is 11.3 Å². The van der Waals surface area contributed by atoms with Crippen molar-refractivity contribution >= 4 is 23.3 Å². The van der Waals surface area contributed by atoms with Gasteiger partial charge in [0.25, 0.3) is 11.1 Å². The molecule has 2 N–H and O–H groups in total. The van der Waals surface area contributed by atoms with Crippen LogP contribution in [-0.4, -0.2) is 25.4 Å². The zero-order valence-electron chi connectivity index (χ0n) is 9.23. The fourth-order valence-corrected chi connectivity index (χ4v) is 1.80. The minimum absolute atomic E-state index is 0.0101. The van der Waals surface area contributed by atoms with Crippen molar-refractivity contribution in [1.29, 1.82) is 0 Å². The Balaban J connectivity index is 2.90. The third-order valence-corrected chi connectivity index (χ3v) is 2.62. The van der Waals surface area contributed by atoms with E-state index in [9.17, 15) is 14.4 Å². The minimum Gasteiger partial charge on any atom is -0.481 e. The second kappa shape index (κ2) is 4.26. The number of H-pyrrole nitrogens is 1. The molecule has 2 aromatic rings. The third kappa shape index (κ3) is 2.00. The number of nitrogens with one attached hydrogen (secondary N) is 1. The van der Waals surface area contributed by atoms with Gasteiger partial charge in [-0.2, -0.15) is 0 Å². The number of fused-ring (bicyclic) bond motifs is 1. The van der Waals surface area contributed by atoms with Gasteiger partial charge in [0, 0.05) is 6.07 Å². The molecule has 94 valence electrons. The Morgan fingerprint density at radius 1 is 1.56 bits per heavy atom. The van der Waals surface area contributed by atoms with Gasteiger partial charge >= 0.3 is 5.97 Å². The van der Waals surface area contributed by atoms with Crippen LogP contribution in [0.4, 0.5) is 0 Å². The van der Waals surface area contributed by atoms with E-state index in [0.29, 0.717) is 0 Å². The Bertz CT molecular complexity index is 762. The average Bonchev–Trinajstić information content (AvgIpc) is 2.22. The second-order valence-electron chi connectivity index (χ2n) is 3.67. The van der Waals surface area contributed by atoms with Crippen molar-refractivity contribution in [2.45, 2.75) is 13.3 Å². The summed E-state index contributed by atoms with van der Waals surface area (Å²) >= 11 is 5.65. The quantitative estimate of drug-likeness (QED) is 0.745. The van der Waals surface area contributed by atoms with Gasteiger partial charge in [0.15, 0.2) is 0 Å². The maximum atomic E-state index is 12.0. The predicted molar refractivity (Wildman–Crippen MR) is 63.2 cm³/mol. The molecule has 0 aliphatic carbocycles. The van der Waals surface area contributed by atoms with E-state index in [1.165, 1.54) is 6.92 Å². The highest BCUT2D eigenvalue weighted by molar-refractivity contribution is 6.29. The molecule has 18 heavy (non-hydrogen) atoms. The lowest BCUT2D eigenvalue weighted by atomic mass is 10.2. The summed E-state index contributed by atoms with van der Waals surface area (Å²) in [6, 6.07) is 1.03. The molecule has 0 bridgehead atoms. The van der Waals surface area contributed by atoms with Crippen LogP contribution in [0.2, 0.25) is 5.15 Å². The number of carboxylic acid groups (broad SMARTS) is 1. The van der Waals surface area contributed by atoms with Crippen LogP contribution in [-0.2, 0) is 11.2 Å². The van der Waals surface area contributed by atoms with Crippen molar-refractivity contribution in [3.05, 3.63) is 43.2 Å². The first-order valence-electron chi connectivity index (χ1n) is 4.93. The van der Waals surface area contributed by atoms with Gasteiger partial charge in [-0.3, -0.25) is 14.4 Å². The van der Waals surface area contributed by atoms with E-state index in [4.69, 9.17) is 16.7 Å². The first-order chi connectivity index (χ1) is 8.40. The SMILES string of the molecule is Cc1nc2[nH]c(Cl)cc(=O)n2c(=O)c1CC(=O)O. The van der Waals surface area contributed by atoms with Crippen molar-refractivity contribution in [2.75, 3.05) is 0 Å². The molecular weight excluding hydrogens is 262 g/mol. The summed E-state index contributed by atoms with van der Waals surface area (Å²) in [5, 5.41) is 8.77. The van der Waals surface area contributed by atoms with E-state index in [1.807, 2.05) is 0 Å². The summed E-state index contributed by atoms with van der Waals surface area (Å²) in [5.41, 5.74) is -1.12. The van der Waals surface area contributed by atoms with Crippen LogP contribution < -0.4 is 11.1 Å². The lowest BCUT2D eigenvalue weighted by Crippen LogP contribution is -2.32. The van der Waals surface area contributed by atoms with Crippen LogP contribution in [0.15, 0.2) is 15.7 Å².